The Balaban J connectivity index is 1.59. The maximum absolute atomic E-state index is 9.79. The number of aryl methyl sites for hydroxylation is 3. The lowest BCUT2D eigenvalue weighted by Gasteiger charge is -2.07. The summed E-state index contributed by atoms with van der Waals surface area (Å²) in [4.78, 5) is 2.99. The number of benzene rings is 1. The van der Waals surface area contributed by atoms with Crippen molar-refractivity contribution < 1.29 is 5.11 Å². The van der Waals surface area contributed by atoms with E-state index in [2.05, 4.69) is 11.4 Å². The fraction of sp³-hybridized carbons (Fsp3) is 0.375. The number of nitrogens with one attached hydrogen (secondary N) is 1. The first-order valence-electron chi connectivity index (χ1n) is 6.82. The molecule has 0 aliphatic heterocycles. The smallest absolute Gasteiger partial charge is 0.120 e. The number of fused-ring (bicyclic) bond motifs is 1. The number of thiophene rings is 1. The lowest BCUT2D eigenvalue weighted by Crippen LogP contribution is -2.12. The van der Waals surface area contributed by atoms with Crippen molar-refractivity contribution in [2.75, 3.05) is 0 Å². The molecule has 3 heteroatoms. The first kappa shape index (κ1) is 12.7. The summed E-state index contributed by atoms with van der Waals surface area (Å²) in [5, 5.41) is 13.2. The number of rotatable bonds is 4. The lowest BCUT2D eigenvalue weighted by molar-refractivity contribution is 0.464. The number of phenolic OH excluding ortho intramolecular Hbond substituents is 1. The quantitative estimate of drug-likeness (QED) is 0.893. The van der Waals surface area contributed by atoms with Crippen LogP contribution in [0.3, 0.4) is 0 Å². The van der Waals surface area contributed by atoms with Gasteiger partial charge in [-0.2, -0.15) is 0 Å². The van der Waals surface area contributed by atoms with Crippen LogP contribution in [0.5, 0.6) is 5.75 Å². The van der Waals surface area contributed by atoms with E-state index in [0.717, 1.165) is 18.7 Å². The van der Waals surface area contributed by atoms with Gasteiger partial charge in [0.2, 0.25) is 0 Å². The van der Waals surface area contributed by atoms with Crippen molar-refractivity contribution in [2.24, 2.45) is 0 Å². The van der Waals surface area contributed by atoms with Gasteiger partial charge in [-0.05, 0) is 43.9 Å². The number of phenols is 1. The van der Waals surface area contributed by atoms with Gasteiger partial charge in [-0.1, -0.05) is 17.7 Å². The molecule has 3 rings (SSSR count). The van der Waals surface area contributed by atoms with Gasteiger partial charge >= 0.3 is 0 Å². The van der Waals surface area contributed by atoms with Gasteiger partial charge in [0.15, 0.2) is 0 Å². The van der Waals surface area contributed by atoms with Crippen LogP contribution < -0.4 is 5.32 Å². The summed E-state index contributed by atoms with van der Waals surface area (Å²) in [5.41, 5.74) is 3.72. The Labute approximate surface area is 118 Å². The maximum atomic E-state index is 9.79. The predicted octanol–water partition coefficient (Wildman–Crippen LogP) is 3.54. The van der Waals surface area contributed by atoms with Crippen LogP contribution in [0, 0.1) is 6.92 Å². The van der Waals surface area contributed by atoms with Crippen molar-refractivity contribution in [2.45, 2.75) is 39.3 Å². The summed E-state index contributed by atoms with van der Waals surface area (Å²) in [7, 11) is 0. The molecule has 1 aromatic carbocycles. The van der Waals surface area contributed by atoms with Crippen molar-refractivity contribution in [1.82, 2.24) is 5.32 Å². The Morgan fingerprint density at radius 3 is 2.95 bits per heavy atom. The molecule has 0 fully saturated rings. The van der Waals surface area contributed by atoms with Crippen LogP contribution in [0.2, 0.25) is 0 Å². The molecule has 2 N–H and O–H groups in total. The third kappa shape index (κ3) is 2.82. The zero-order valence-electron chi connectivity index (χ0n) is 11.2. The fourth-order valence-corrected chi connectivity index (χ4v) is 3.88. The van der Waals surface area contributed by atoms with Crippen molar-refractivity contribution in [3.63, 3.8) is 0 Å². The largest absolute Gasteiger partial charge is 0.508 e. The molecule has 0 amide bonds. The van der Waals surface area contributed by atoms with Gasteiger partial charge in [0.05, 0.1) is 0 Å². The SMILES string of the molecule is Cc1ccc(O)c(CNCc2cc3c(s2)CCC3)c1. The Kier molecular flexibility index (Phi) is 3.58. The van der Waals surface area contributed by atoms with Crippen LogP contribution in [-0.4, -0.2) is 5.11 Å². The van der Waals surface area contributed by atoms with Gasteiger partial charge in [0.25, 0.3) is 0 Å². The third-order valence-electron chi connectivity index (χ3n) is 3.65. The van der Waals surface area contributed by atoms with Crippen LogP contribution in [0.4, 0.5) is 0 Å². The normalized spacial score (nSPS) is 13.7. The molecule has 0 unspecified atom stereocenters. The van der Waals surface area contributed by atoms with Crippen LogP contribution in [0.25, 0.3) is 0 Å². The fourth-order valence-electron chi connectivity index (χ4n) is 2.65. The Morgan fingerprint density at radius 1 is 1.21 bits per heavy atom. The first-order valence-corrected chi connectivity index (χ1v) is 7.64. The Hall–Kier alpha value is -1.32. The minimum absolute atomic E-state index is 0.381. The highest BCUT2D eigenvalue weighted by Gasteiger charge is 2.14. The van der Waals surface area contributed by atoms with Gasteiger partial charge in [-0.15, -0.1) is 11.3 Å². The average Bonchev–Trinajstić information content (AvgIpc) is 2.94. The molecule has 0 bridgehead atoms. The highest BCUT2D eigenvalue weighted by atomic mass is 32.1. The molecule has 1 aromatic heterocycles. The van der Waals surface area contributed by atoms with E-state index in [-0.39, 0.29) is 0 Å². The lowest BCUT2D eigenvalue weighted by atomic mass is 10.1. The molecule has 1 heterocycles. The van der Waals surface area contributed by atoms with E-state index in [1.165, 1.54) is 29.7 Å². The minimum atomic E-state index is 0.381. The van der Waals surface area contributed by atoms with E-state index in [1.54, 1.807) is 16.5 Å². The Bertz CT molecular complexity index is 567. The highest BCUT2D eigenvalue weighted by Crippen LogP contribution is 2.30. The van der Waals surface area contributed by atoms with Crippen molar-refractivity contribution in [1.29, 1.82) is 0 Å². The van der Waals surface area contributed by atoms with E-state index in [1.807, 2.05) is 30.4 Å². The first-order chi connectivity index (χ1) is 9.22. The molecule has 2 aromatic rings. The van der Waals surface area contributed by atoms with E-state index < -0.39 is 0 Å². The van der Waals surface area contributed by atoms with Gasteiger partial charge in [-0.25, -0.2) is 0 Å². The predicted molar refractivity (Wildman–Crippen MR) is 79.7 cm³/mol. The zero-order valence-corrected chi connectivity index (χ0v) is 12.0. The monoisotopic (exact) mass is 273 g/mol. The van der Waals surface area contributed by atoms with E-state index in [4.69, 9.17) is 0 Å². The van der Waals surface area contributed by atoms with Gasteiger partial charge < -0.3 is 10.4 Å². The van der Waals surface area contributed by atoms with E-state index >= 15 is 0 Å². The third-order valence-corrected chi connectivity index (χ3v) is 4.88. The highest BCUT2D eigenvalue weighted by molar-refractivity contribution is 7.12. The second-order valence-electron chi connectivity index (χ2n) is 5.25. The molecule has 0 saturated heterocycles. The minimum Gasteiger partial charge on any atom is -0.508 e. The molecular weight excluding hydrogens is 254 g/mol. The molecular formula is C16H19NOS. The van der Waals surface area contributed by atoms with E-state index in [9.17, 15) is 5.11 Å². The number of aromatic hydroxyl groups is 1. The maximum Gasteiger partial charge on any atom is 0.120 e. The van der Waals surface area contributed by atoms with Crippen molar-refractivity contribution in [3.05, 3.63) is 50.7 Å². The summed E-state index contributed by atoms with van der Waals surface area (Å²) < 4.78 is 0. The molecule has 100 valence electrons. The standard InChI is InChI=1S/C16H19NOS/c1-11-5-6-15(18)13(7-11)9-17-10-14-8-12-3-2-4-16(12)19-14/h5-8,17-18H,2-4,9-10H2,1H3. The van der Waals surface area contributed by atoms with Crippen LogP contribution >= 0.6 is 11.3 Å². The topological polar surface area (TPSA) is 32.3 Å². The van der Waals surface area contributed by atoms with Crippen LogP contribution in [0.1, 0.15) is 32.9 Å². The van der Waals surface area contributed by atoms with Crippen LogP contribution in [0.15, 0.2) is 24.3 Å². The molecule has 0 spiro atoms. The summed E-state index contributed by atoms with van der Waals surface area (Å²) in [6, 6.07) is 8.08. The second kappa shape index (κ2) is 5.35. The van der Waals surface area contributed by atoms with E-state index in [0.29, 0.717) is 5.75 Å². The average molecular weight is 273 g/mol. The summed E-state index contributed by atoms with van der Waals surface area (Å²) in [6.07, 6.45) is 3.84. The van der Waals surface area contributed by atoms with Crippen LogP contribution in [-0.2, 0) is 25.9 Å². The summed E-state index contributed by atoms with van der Waals surface area (Å²) in [6.45, 7) is 3.66. The summed E-state index contributed by atoms with van der Waals surface area (Å²) in [5.74, 6) is 0.381. The molecule has 1 aliphatic carbocycles. The molecule has 2 nitrogen and oxygen atoms in total. The second-order valence-corrected chi connectivity index (χ2v) is 6.47. The Morgan fingerprint density at radius 2 is 2.11 bits per heavy atom. The summed E-state index contributed by atoms with van der Waals surface area (Å²) >= 11 is 1.94. The molecule has 19 heavy (non-hydrogen) atoms. The molecule has 0 radical (unpaired) electrons. The van der Waals surface area contributed by atoms with Crippen molar-refractivity contribution in [3.8, 4) is 5.75 Å². The number of hydrogen-bond acceptors (Lipinski definition) is 3. The van der Waals surface area contributed by atoms with Crippen molar-refractivity contribution >= 4 is 11.3 Å². The van der Waals surface area contributed by atoms with Gasteiger partial charge in [-0.3, -0.25) is 0 Å². The molecule has 1 aliphatic rings. The van der Waals surface area contributed by atoms with Gasteiger partial charge in [0, 0.05) is 28.4 Å². The zero-order chi connectivity index (χ0) is 13.2. The number of hydrogen-bond donors (Lipinski definition) is 2. The van der Waals surface area contributed by atoms with Gasteiger partial charge in [0.1, 0.15) is 5.75 Å². The molecule has 0 atom stereocenters. The molecule has 0 saturated carbocycles.